The van der Waals surface area contributed by atoms with E-state index in [4.69, 9.17) is 11.6 Å². The molecule has 0 bridgehead atoms. The van der Waals surface area contributed by atoms with Crippen molar-refractivity contribution in [3.63, 3.8) is 0 Å². The van der Waals surface area contributed by atoms with Crippen LogP contribution in [0.4, 0.5) is 4.39 Å². The molecule has 0 atom stereocenters. The van der Waals surface area contributed by atoms with Gasteiger partial charge >= 0.3 is 0 Å². The van der Waals surface area contributed by atoms with E-state index in [2.05, 4.69) is 39.4 Å². The third-order valence-electron chi connectivity index (χ3n) is 6.68. The van der Waals surface area contributed by atoms with Gasteiger partial charge in [0.25, 0.3) is 0 Å². The lowest BCUT2D eigenvalue weighted by Crippen LogP contribution is -2.40. The fourth-order valence-electron chi connectivity index (χ4n) is 4.79. The average Bonchev–Trinajstić information content (AvgIpc) is 2.81. The average molecular weight is 458 g/mol. The quantitative estimate of drug-likeness (QED) is 0.636. The number of halogens is 2. The molecule has 2 aliphatic heterocycles. The van der Waals surface area contributed by atoms with Crippen molar-refractivity contribution in [2.24, 2.45) is 5.92 Å². The third kappa shape index (κ3) is 6.53. The van der Waals surface area contributed by atoms with Gasteiger partial charge in [0.05, 0.1) is 0 Å². The molecule has 0 spiro atoms. The molecule has 0 aromatic heterocycles. The fraction of sp³-hybridized carbons (Fsp3) is 0.500. The number of likely N-dealkylation sites (tertiary alicyclic amines) is 2. The maximum absolute atomic E-state index is 14.1. The minimum atomic E-state index is -0.264. The smallest absolute Gasteiger partial charge is 0.223 e. The van der Waals surface area contributed by atoms with Crippen LogP contribution in [0.25, 0.3) is 0 Å². The highest BCUT2D eigenvalue weighted by Gasteiger charge is 2.25. The number of piperidine rings is 2. The normalized spacial score (nSPS) is 18.6. The van der Waals surface area contributed by atoms with Crippen LogP contribution in [0, 0.1) is 11.7 Å². The topological polar surface area (TPSA) is 35.6 Å². The molecule has 6 heteroatoms. The van der Waals surface area contributed by atoms with Crippen LogP contribution in [-0.4, -0.2) is 41.9 Å². The van der Waals surface area contributed by atoms with E-state index >= 15 is 0 Å². The number of benzene rings is 2. The molecule has 2 aromatic carbocycles. The van der Waals surface area contributed by atoms with Gasteiger partial charge < -0.3 is 5.32 Å². The minimum Gasteiger partial charge on any atom is -0.352 e. The van der Waals surface area contributed by atoms with Crippen LogP contribution in [0.3, 0.4) is 0 Å². The number of hydrogen-bond donors (Lipinski definition) is 1. The van der Waals surface area contributed by atoms with E-state index in [9.17, 15) is 9.18 Å². The highest BCUT2D eigenvalue weighted by Crippen LogP contribution is 2.22. The molecule has 2 aromatic rings. The van der Waals surface area contributed by atoms with Gasteiger partial charge in [0.2, 0.25) is 5.91 Å². The van der Waals surface area contributed by atoms with Gasteiger partial charge in [0.15, 0.2) is 0 Å². The van der Waals surface area contributed by atoms with E-state index in [1.165, 1.54) is 44.0 Å². The molecule has 0 unspecified atom stereocenters. The number of nitrogens with one attached hydrogen (secondary N) is 1. The van der Waals surface area contributed by atoms with E-state index in [0.717, 1.165) is 38.0 Å². The van der Waals surface area contributed by atoms with Crippen molar-refractivity contribution in [3.05, 3.63) is 70.0 Å². The number of rotatable bonds is 7. The first kappa shape index (κ1) is 23.2. The first-order chi connectivity index (χ1) is 15.6. The van der Waals surface area contributed by atoms with Crippen molar-refractivity contribution < 1.29 is 9.18 Å². The van der Waals surface area contributed by atoms with E-state index in [1.807, 2.05) is 0 Å². The van der Waals surface area contributed by atoms with E-state index in [-0.39, 0.29) is 17.6 Å². The van der Waals surface area contributed by atoms with Crippen molar-refractivity contribution in [1.82, 2.24) is 15.1 Å². The standard InChI is InChI=1S/C26H33ClFN3O/c27-24-8-7-23(25(28)16-24)19-31-13-9-22(10-14-31)26(32)29-17-20-5-4-6-21(15-20)18-30-11-2-1-3-12-30/h4-8,15-16,22H,1-3,9-14,17-19H2,(H,29,32). The van der Waals surface area contributed by atoms with Crippen molar-refractivity contribution >= 4 is 17.5 Å². The summed E-state index contributed by atoms with van der Waals surface area (Å²) in [6.45, 7) is 6.09. The van der Waals surface area contributed by atoms with Crippen LogP contribution >= 0.6 is 11.6 Å². The van der Waals surface area contributed by atoms with Crippen LogP contribution in [0.15, 0.2) is 42.5 Å². The largest absolute Gasteiger partial charge is 0.352 e. The molecule has 2 heterocycles. The molecule has 0 saturated carbocycles. The van der Waals surface area contributed by atoms with Gasteiger partial charge in [-0.2, -0.15) is 0 Å². The summed E-state index contributed by atoms with van der Waals surface area (Å²) in [4.78, 5) is 17.4. The van der Waals surface area contributed by atoms with Crippen molar-refractivity contribution in [1.29, 1.82) is 0 Å². The van der Waals surface area contributed by atoms with Crippen LogP contribution in [0.5, 0.6) is 0 Å². The van der Waals surface area contributed by atoms with Gasteiger partial charge in [-0.3, -0.25) is 14.6 Å². The van der Waals surface area contributed by atoms with Crippen molar-refractivity contribution in [3.8, 4) is 0 Å². The number of carbonyl (C=O) groups excluding carboxylic acids is 1. The van der Waals surface area contributed by atoms with Gasteiger partial charge in [-0.1, -0.05) is 48.4 Å². The molecular weight excluding hydrogens is 425 g/mol. The summed E-state index contributed by atoms with van der Waals surface area (Å²) < 4.78 is 14.1. The highest BCUT2D eigenvalue weighted by molar-refractivity contribution is 6.30. The van der Waals surface area contributed by atoms with Crippen LogP contribution in [0.2, 0.25) is 5.02 Å². The fourth-order valence-corrected chi connectivity index (χ4v) is 4.95. The Labute approximate surface area is 195 Å². The zero-order valence-corrected chi connectivity index (χ0v) is 19.4. The first-order valence-corrected chi connectivity index (χ1v) is 12.2. The molecular formula is C26H33ClFN3O. The second-order valence-electron chi connectivity index (χ2n) is 9.16. The van der Waals surface area contributed by atoms with Crippen molar-refractivity contribution in [2.75, 3.05) is 26.2 Å². The number of nitrogens with zero attached hydrogens (tertiary/aromatic N) is 2. The van der Waals surface area contributed by atoms with Gasteiger partial charge in [-0.15, -0.1) is 0 Å². The summed E-state index contributed by atoms with van der Waals surface area (Å²) in [5, 5.41) is 3.55. The second-order valence-corrected chi connectivity index (χ2v) is 9.60. The SMILES string of the molecule is O=C(NCc1cccc(CN2CCCCC2)c1)C1CCN(Cc2ccc(Cl)cc2F)CC1. The lowest BCUT2D eigenvalue weighted by molar-refractivity contribution is -0.126. The summed E-state index contributed by atoms with van der Waals surface area (Å²) in [5.41, 5.74) is 3.13. The maximum Gasteiger partial charge on any atom is 0.223 e. The molecule has 4 rings (SSSR count). The molecule has 2 fully saturated rings. The molecule has 2 aliphatic rings. The number of amides is 1. The first-order valence-electron chi connectivity index (χ1n) is 11.8. The van der Waals surface area contributed by atoms with E-state index < -0.39 is 0 Å². The number of carbonyl (C=O) groups is 1. The maximum atomic E-state index is 14.1. The molecule has 1 amide bonds. The molecule has 0 aliphatic carbocycles. The highest BCUT2D eigenvalue weighted by atomic mass is 35.5. The molecule has 4 nitrogen and oxygen atoms in total. The zero-order chi connectivity index (χ0) is 22.3. The summed E-state index contributed by atoms with van der Waals surface area (Å²) in [6, 6.07) is 13.4. The van der Waals surface area contributed by atoms with Gasteiger partial charge in [-0.25, -0.2) is 4.39 Å². The Morgan fingerprint density at radius 1 is 0.938 bits per heavy atom. The number of hydrogen-bond acceptors (Lipinski definition) is 3. The lowest BCUT2D eigenvalue weighted by Gasteiger charge is -2.31. The monoisotopic (exact) mass is 457 g/mol. The molecule has 0 radical (unpaired) electrons. The lowest BCUT2D eigenvalue weighted by atomic mass is 9.95. The Bertz CT molecular complexity index is 908. The van der Waals surface area contributed by atoms with E-state index in [0.29, 0.717) is 23.7 Å². The zero-order valence-electron chi connectivity index (χ0n) is 18.7. The van der Waals surface area contributed by atoms with Gasteiger partial charge in [-0.05, 0) is 75.1 Å². The Morgan fingerprint density at radius 2 is 1.66 bits per heavy atom. The summed E-state index contributed by atoms with van der Waals surface area (Å²) in [6.07, 6.45) is 5.54. The summed E-state index contributed by atoms with van der Waals surface area (Å²) in [7, 11) is 0. The van der Waals surface area contributed by atoms with Crippen molar-refractivity contribution in [2.45, 2.75) is 51.7 Å². The van der Waals surface area contributed by atoms with Gasteiger partial charge in [0.1, 0.15) is 5.82 Å². The summed E-state index contributed by atoms with van der Waals surface area (Å²) >= 11 is 5.84. The molecule has 172 valence electrons. The predicted octanol–water partition coefficient (Wildman–Crippen LogP) is 4.99. The van der Waals surface area contributed by atoms with Crippen LogP contribution in [-0.2, 0) is 24.4 Å². The van der Waals surface area contributed by atoms with E-state index in [1.54, 1.807) is 12.1 Å². The second kappa shape index (κ2) is 11.3. The van der Waals surface area contributed by atoms with Gasteiger partial charge in [0, 0.05) is 36.1 Å². The Morgan fingerprint density at radius 3 is 2.41 bits per heavy atom. The molecule has 2 saturated heterocycles. The Kier molecular flexibility index (Phi) is 8.17. The predicted molar refractivity (Wildman–Crippen MR) is 127 cm³/mol. The Hall–Kier alpha value is -1.95. The molecule has 32 heavy (non-hydrogen) atoms. The minimum absolute atomic E-state index is 0.0258. The molecule has 1 N–H and O–H groups in total. The Balaban J connectivity index is 1.21. The van der Waals surface area contributed by atoms with Crippen LogP contribution < -0.4 is 5.32 Å². The van der Waals surface area contributed by atoms with Crippen LogP contribution in [0.1, 0.15) is 48.8 Å². The third-order valence-corrected chi connectivity index (χ3v) is 6.92. The summed E-state index contributed by atoms with van der Waals surface area (Å²) in [5.74, 6) is -0.110.